The third-order valence-corrected chi connectivity index (χ3v) is 4.53. The lowest BCUT2D eigenvalue weighted by Crippen LogP contribution is -2.34. The van der Waals surface area contributed by atoms with Crippen molar-refractivity contribution in [2.75, 3.05) is 25.1 Å². The van der Waals surface area contributed by atoms with Crippen LogP contribution in [0.5, 0.6) is 5.75 Å². The van der Waals surface area contributed by atoms with Crippen molar-refractivity contribution in [3.63, 3.8) is 0 Å². The number of amides is 2. The SMILES string of the molecule is COc1cccc(CNC(=O)NCc2ccnc(N3CCCCC3)c2)c1. The molecular weight excluding hydrogens is 328 g/mol. The molecule has 1 saturated heterocycles. The lowest BCUT2D eigenvalue weighted by atomic mass is 10.1. The number of anilines is 1. The summed E-state index contributed by atoms with van der Waals surface area (Å²) in [5.41, 5.74) is 2.05. The van der Waals surface area contributed by atoms with E-state index in [1.807, 2.05) is 36.5 Å². The molecule has 2 aromatic rings. The Kier molecular flexibility index (Phi) is 6.30. The van der Waals surface area contributed by atoms with Crippen LogP contribution in [0.4, 0.5) is 10.6 Å². The molecule has 2 heterocycles. The van der Waals surface area contributed by atoms with E-state index in [-0.39, 0.29) is 6.03 Å². The molecule has 0 saturated carbocycles. The van der Waals surface area contributed by atoms with Crippen LogP contribution in [0.25, 0.3) is 0 Å². The Morgan fingerprint density at radius 1 is 1.08 bits per heavy atom. The van der Waals surface area contributed by atoms with E-state index in [2.05, 4.69) is 26.6 Å². The molecule has 1 fully saturated rings. The van der Waals surface area contributed by atoms with Gasteiger partial charge in [-0.1, -0.05) is 12.1 Å². The van der Waals surface area contributed by atoms with Crippen LogP contribution in [0.3, 0.4) is 0 Å². The van der Waals surface area contributed by atoms with Crippen LogP contribution < -0.4 is 20.3 Å². The first kappa shape index (κ1) is 18.0. The van der Waals surface area contributed by atoms with Gasteiger partial charge in [-0.3, -0.25) is 0 Å². The molecule has 2 amide bonds. The fourth-order valence-electron chi connectivity index (χ4n) is 3.08. The quantitative estimate of drug-likeness (QED) is 0.837. The molecule has 138 valence electrons. The Labute approximate surface area is 154 Å². The van der Waals surface area contributed by atoms with Crippen LogP contribution in [0.2, 0.25) is 0 Å². The minimum absolute atomic E-state index is 0.191. The lowest BCUT2D eigenvalue weighted by Gasteiger charge is -2.27. The maximum atomic E-state index is 12.1. The number of carbonyl (C=O) groups is 1. The highest BCUT2D eigenvalue weighted by Crippen LogP contribution is 2.18. The van der Waals surface area contributed by atoms with E-state index >= 15 is 0 Å². The first-order valence-electron chi connectivity index (χ1n) is 9.09. The van der Waals surface area contributed by atoms with E-state index < -0.39 is 0 Å². The number of hydrogen-bond acceptors (Lipinski definition) is 4. The van der Waals surface area contributed by atoms with Gasteiger partial charge in [-0.25, -0.2) is 9.78 Å². The summed E-state index contributed by atoms with van der Waals surface area (Å²) >= 11 is 0. The molecule has 2 N–H and O–H groups in total. The Bertz CT molecular complexity index is 729. The summed E-state index contributed by atoms with van der Waals surface area (Å²) in [6.45, 7) is 3.06. The molecule has 6 heteroatoms. The maximum Gasteiger partial charge on any atom is 0.315 e. The smallest absolute Gasteiger partial charge is 0.315 e. The zero-order chi connectivity index (χ0) is 18.2. The van der Waals surface area contributed by atoms with Crippen LogP contribution in [0.15, 0.2) is 42.6 Å². The lowest BCUT2D eigenvalue weighted by molar-refractivity contribution is 0.240. The standard InChI is InChI=1S/C20H26N4O2/c1-26-18-7-5-6-16(12-18)14-22-20(25)23-15-17-8-9-21-19(13-17)24-10-3-2-4-11-24/h5-9,12-13H,2-4,10-11,14-15H2,1H3,(H2,22,23,25). The molecule has 0 aliphatic carbocycles. The Morgan fingerprint density at radius 2 is 1.81 bits per heavy atom. The van der Waals surface area contributed by atoms with Crippen LogP contribution in [0, 0.1) is 0 Å². The fraction of sp³-hybridized carbons (Fsp3) is 0.400. The number of nitrogens with zero attached hydrogens (tertiary/aromatic N) is 2. The molecule has 1 aliphatic heterocycles. The number of urea groups is 1. The molecule has 6 nitrogen and oxygen atoms in total. The van der Waals surface area contributed by atoms with Crippen molar-refractivity contribution in [2.45, 2.75) is 32.4 Å². The number of carbonyl (C=O) groups excluding carboxylic acids is 1. The van der Waals surface area contributed by atoms with E-state index in [0.717, 1.165) is 35.8 Å². The predicted molar refractivity (Wildman–Crippen MR) is 102 cm³/mol. The second kappa shape index (κ2) is 9.08. The maximum absolute atomic E-state index is 12.1. The summed E-state index contributed by atoms with van der Waals surface area (Å²) in [4.78, 5) is 18.8. The average molecular weight is 354 g/mol. The summed E-state index contributed by atoms with van der Waals surface area (Å²) in [5, 5.41) is 5.77. The number of aromatic nitrogens is 1. The highest BCUT2D eigenvalue weighted by molar-refractivity contribution is 5.73. The predicted octanol–water partition coefficient (Wildman–Crippen LogP) is 3.08. The van der Waals surface area contributed by atoms with E-state index in [1.165, 1.54) is 19.3 Å². The molecule has 0 radical (unpaired) electrons. The highest BCUT2D eigenvalue weighted by atomic mass is 16.5. The van der Waals surface area contributed by atoms with Gasteiger partial charge in [-0.15, -0.1) is 0 Å². The largest absolute Gasteiger partial charge is 0.497 e. The number of piperidine rings is 1. The van der Waals surface area contributed by atoms with Gasteiger partial charge in [-0.2, -0.15) is 0 Å². The Balaban J connectivity index is 1.48. The van der Waals surface area contributed by atoms with E-state index in [0.29, 0.717) is 13.1 Å². The van der Waals surface area contributed by atoms with Gasteiger partial charge in [0.25, 0.3) is 0 Å². The van der Waals surface area contributed by atoms with Crippen molar-refractivity contribution < 1.29 is 9.53 Å². The number of benzene rings is 1. The van der Waals surface area contributed by atoms with Gasteiger partial charge in [0.05, 0.1) is 7.11 Å². The third-order valence-electron chi connectivity index (χ3n) is 4.53. The van der Waals surface area contributed by atoms with E-state index in [1.54, 1.807) is 7.11 Å². The molecule has 1 aromatic heterocycles. The highest BCUT2D eigenvalue weighted by Gasteiger charge is 2.12. The molecular formula is C20H26N4O2. The van der Waals surface area contributed by atoms with Gasteiger partial charge in [0, 0.05) is 32.4 Å². The molecule has 1 aromatic carbocycles. The number of pyridine rings is 1. The van der Waals surface area contributed by atoms with E-state index in [9.17, 15) is 4.79 Å². The summed E-state index contributed by atoms with van der Waals surface area (Å²) in [6, 6.07) is 11.5. The average Bonchev–Trinajstić information content (AvgIpc) is 2.72. The minimum Gasteiger partial charge on any atom is -0.497 e. The van der Waals surface area contributed by atoms with Crippen molar-refractivity contribution in [2.24, 2.45) is 0 Å². The van der Waals surface area contributed by atoms with E-state index in [4.69, 9.17) is 4.74 Å². The first-order valence-corrected chi connectivity index (χ1v) is 9.09. The van der Waals surface area contributed by atoms with Crippen molar-refractivity contribution in [3.8, 4) is 5.75 Å². The Morgan fingerprint density at radius 3 is 2.54 bits per heavy atom. The number of ether oxygens (including phenoxy) is 1. The summed E-state index contributed by atoms with van der Waals surface area (Å²) in [5.74, 6) is 1.78. The first-order chi connectivity index (χ1) is 12.7. The number of methoxy groups -OCH3 is 1. The second-order valence-electron chi connectivity index (χ2n) is 6.46. The molecule has 3 rings (SSSR count). The van der Waals surface area contributed by atoms with Crippen molar-refractivity contribution in [1.29, 1.82) is 0 Å². The van der Waals surface area contributed by atoms with Gasteiger partial charge in [0.15, 0.2) is 0 Å². The van der Waals surface area contributed by atoms with Crippen molar-refractivity contribution >= 4 is 11.8 Å². The van der Waals surface area contributed by atoms with Crippen LogP contribution in [-0.2, 0) is 13.1 Å². The molecule has 0 bridgehead atoms. The molecule has 0 spiro atoms. The van der Waals surface area contributed by atoms with Gasteiger partial charge in [0.1, 0.15) is 11.6 Å². The van der Waals surface area contributed by atoms with Gasteiger partial charge >= 0.3 is 6.03 Å². The van der Waals surface area contributed by atoms with Crippen LogP contribution >= 0.6 is 0 Å². The normalized spacial score (nSPS) is 14.0. The van der Waals surface area contributed by atoms with Gasteiger partial charge < -0.3 is 20.3 Å². The minimum atomic E-state index is -0.191. The topological polar surface area (TPSA) is 66.5 Å². The molecule has 0 atom stereocenters. The van der Waals surface area contributed by atoms with Crippen molar-refractivity contribution in [3.05, 3.63) is 53.7 Å². The molecule has 26 heavy (non-hydrogen) atoms. The summed E-state index contributed by atoms with van der Waals surface area (Å²) in [6.07, 6.45) is 5.55. The number of nitrogens with one attached hydrogen (secondary N) is 2. The second-order valence-corrected chi connectivity index (χ2v) is 6.46. The summed E-state index contributed by atoms with van der Waals surface area (Å²) < 4.78 is 5.19. The van der Waals surface area contributed by atoms with Gasteiger partial charge in [0.2, 0.25) is 0 Å². The number of rotatable bonds is 6. The van der Waals surface area contributed by atoms with Gasteiger partial charge in [-0.05, 0) is 54.7 Å². The zero-order valence-corrected chi connectivity index (χ0v) is 15.2. The van der Waals surface area contributed by atoms with Crippen LogP contribution in [0.1, 0.15) is 30.4 Å². The number of hydrogen-bond donors (Lipinski definition) is 2. The zero-order valence-electron chi connectivity index (χ0n) is 15.2. The monoisotopic (exact) mass is 354 g/mol. The summed E-state index contributed by atoms with van der Waals surface area (Å²) in [7, 11) is 1.63. The van der Waals surface area contributed by atoms with Crippen LogP contribution in [-0.4, -0.2) is 31.2 Å². The Hall–Kier alpha value is -2.76. The fourth-order valence-corrected chi connectivity index (χ4v) is 3.08. The molecule has 0 unspecified atom stereocenters. The molecule has 1 aliphatic rings. The van der Waals surface area contributed by atoms with Crippen molar-refractivity contribution in [1.82, 2.24) is 15.6 Å². The third kappa shape index (κ3) is 5.12.